The highest BCUT2D eigenvalue weighted by Gasteiger charge is 2.11. The van der Waals surface area contributed by atoms with E-state index in [1.807, 2.05) is 0 Å². The molecule has 98 valence electrons. The van der Waals surface area contributed by atoms with Gasteiger partial charge in [0.2, 0.25) is 0 Å². The Kier molecular flexibility index (Phi) is 4.47. The molecule has 1 aromatic carbocycles. The summed E-state index contributed by atoms with van der Waals surface area (Å²) >= 11 is 13.1. The van der Waals surface area contributed by atoms with E-state index < -0.39 is 0 Å². The van der Waals surface area contributed by atoms with Gasteiger partial charge in [-0.3, -0.25) is 0 Å². The van der Waals surface area contributed by atoms with Crippen LogP contribution in [0.2, 0.25) is 10.0 Å². The normalized spacial score (nSPS) is 11.6. The van der Waals surface area contributed by atoms with E-state index in [-0.39, 0.29) is 5.84 Å². The lowest BCUT2D eigenvalue weighted by molar-refractivity contribution is 0.318. The average molecular weight is 315 g/mol. The zero-order chi connectivity index (χ0) is 13.8. The summed E-state index contributed by atoms with van der Waals surface area (Å²) < 4.78 is 0. The summed E-state index contributed by atoms with van der Waals surface area (Å²) in [4.78, 5) is 0.821. The first-order chi connectivity index (χ1) is 9.11. The van der Waals surface area contributed by atoms with Crippen molar-refractivity contribution in [2.45, 2.75) is 9.92 Å². The lowest BCUT2D eigenvalue weighted by Crippen LogP contribution is -2.15. The molecule has 3 N–H and O–H groups in total. The fourth-order valence-corrected chi connectivity index (χ4v) is 2.56. The molecule has 0 aliphatic carbocycles. The highest BCUT2D eigenvalue weighted by molar-refractivity contribution is 7.99. The first kappa shape index (κ1) is 13.9. The van der Waals surface area contributed by atoms with Crippen LogP contribution in [0.1, 0.15) is 5.56 Å². The Hall–Kier alpha value is -1.50. The number of aromatic nitrogens is 2. The molecule has 2 aromatic rings. The second-order valence-electron chi connectivity index (χ2n) is 3.41. The standard InChI is InChI=1S/C11H8Cl2N4OS/c12-8-2-1-6(5-9(8)13)19-11-7(10(14)17-18)3-4-15-16-11/h1-5,18H,(H2,14,17). The Bertz CT molecular complexity index is 636. The van der Waals surface area contributed by atoms with Crippen LogP contribution in [-0.2, 0) is 0 Å². The summed E-state index contributed by atoms with van der Waals surface area (Å²) in [7, 11) is 0. The van der Waals surface area contributed by atoms with E-state index in [0.29, 0.717) is 20.6 Å². The van der Waals surface area contributed by atoms with Gasteiger partial charge in [-0.2, -0.15) is 5.10 Å². The summed E-state index contributed by atoms with van der Waals surface area (Å²) in [6.07, 6.45) is 1.46. The van der Waals surface area contributed by atoms with Crippen LogP contribution in [-0.4, -0.2) is 21.2 Å². The van der Waals surface area contributed by atoms with Gasteiger partial charge in [0.1, 0.15) is 5.03 Å². The van der Waals surface area contributed by atoms with E-state index in [4.69, 9.17) is 34.1 Å². The van der Waals surface area contributed by atoms with Gasteiger partial charge < -0.3 is 10.9 Å². The van der Waals surface area contributed by atoms with Crippen molar-refractivity contribution in [3.63, 3.8) is 0 Å². The van der Waals surface area contributed by atoms with Gasteiger partial charge in [0.15, 0.2) is 5.84 Å². The van der Waals surface area contributed by atoms with Gasteiger partial charge in [-0.15, -0.1) is 5.10 Å². The third-order valence-corrected chi connectivity index (χ3v) is 3.90. The summed E-state index contributed by atoms with van der Waals surface area (Å²) in [5.41, 5.74) is 6.07. The Balaban J connectivity index is 2.35. The molecular weight excluding hydrogens is 307 g/mol. The number of amidine groups is 1. The summed E-state index contributed by atoms with van der Waals surface area (Å²) in [6.45, 7) is 0. The molecule has 0 aliphatic heterocycles. The molecule has 8 heteroatoms. The molecule has 2 rings (SSSR count). The van der Waals surface area contributed by atoms with Crippen molar-refractivity contribution in [2.24, 2.45) is 10.9 Å². The number of nitrogens with zero attached hydrogens (tertiary/aromatic N) is 3. The molecule has 19 heavy (non-hydrogen) atoms. The molecule has 0 bridgehead atoms. The maximum Gasteiger partial charge on any atom is 0.172 e. The maximum atomic E-state index is 8.73. The molecule has 0 aliphatic rings. The van der Waals surface area contributed by atoms with Gasteiger partial charge in [-0.1, -0.05) is 40.1 Å². The van der Waals surface area contributed by atoms with Crippen LogP contribution in [0.5, 0.6) is 0 Å². The Labute approximate surface area is 123 Å². The molecule has 0 unspecified atom stereocenters. The fraction of sp³-hybridized carbons (Fsp3) is 0. The van der Waals surface area contributed by atoms with Gasteiger partial charge in [-0.05, 0) is 24.3 Å². The number of rotatable bonds is 3. The van der Waals surface area contributed by atoms with Crippen molar-refractivity contribution in [1.82, 2.24) is 10.2 Å². The minimum atomic E-state index is -0.0301. The Morgan fingerprint density at radius 1 is 1.26 bits per heavy atom. The minimum Gasteiger partial charge on any atom is -0.409 e. The maximum absolute atomic E-state index is 8.73. The second-order valence-corrected chi connectivity index (χ2v) is 5.29. The first-order valence-corrected chi connectivity index (χ1v) is 6.61. The minimum absolute atomic E-state index is 0.0301. The fourth-order valence-electron chi connectivity index (χ4n) is 1.29. The topological polar surface area (TPSA) is 84.4 Å². The molecule has 0 saturated carbocycles. The highest BCUT2D eigenvalue weighted by Crippen LogP contribution is 2.32. The van der Waals surface area contributed by atoms with Crippen LogP contribution in [0.15, 0.2) is 45.5 Å². The van der Waals surface area contributed by atoms with Crippen molar-refractivity contribution in [1.29, 1.82) is 0 Å². The van der Waals surface area contributed by atoms with Crippen molar-refractivity contribution in [2.75, 3.05) is 0 Å². The Morgan fingerprint density at radius 3 is 2.74 bits per heavy atom. The van der Waals surface area contributed by atoms with E-state index in [1.54, 1.807) is 24.3 Å². The van der Waals surface area contributed by atoms with E-state index in [0.717, 1.165) is 4.90 Å². The SMILES string of the molecule is N/C(=N/O)c1ccnnc1Sc1ccc(Cl)c(Cl)c1. The Morgan fingerprint density at radius 2 is 2.05 bits per heavy atom. The van der Waals surface area contributed by atoms with E-state index in [2.05, 4.69) is 15.4 Å². The first-order valence-electron chi connectivity index (χ1n) is 5.04. The molecule has 0 radical (unpaired) electrons. The van der Waals surface area contributed by atoms with Crippen molar-refractivity contribution in [3.05, 3.63) is 46.1 Å². The zero-order valence-corrected chi connectivity index (χ0v) is 11.7. The van der Waals surface area contributed by atoms with Gasteiger partial charge in [0, 0.05) is 4.90 Å². The quantitative estimate of drug-likeness (QED) is 0.394. The molecule has 0 amide bonds. The highest BCUT2D eigenvalue weighted by atomic mass is 35.5. The van der Waals surface area contributed by atoms with Crippen molar-refractivity contribution in [3.8, 4) is 0 Å². The predicted octanol–water partition coefficient (Wildman–Crippen LogP) is 3.03. The average Bonchev–Trinajstić information content (AvgIpc) is 2.43. The molecule has 0 saturated heterocycles. The van der Waals surface area contributed by atoms with Gasteiger partial charge >= 0.3 is 0 Å². The number of hydrogen-bond acceptors (Lipinski definition) is 5. The molecule has 0 atom stereocenters. The van der Waals surface area contributed by atoms with E-state index in [9.17, 15) is 0 Å². The van der Waals surface area contributed by atoms with Gasteiger partial charge in [0.25, 0.3) is 0 Å². The smallest absolute Gasteiger partial charge is 0.172 e. The van der Waals surface area contributed by atoms with Crippen LogP contribution in [0, 0.1) is 0 Å². The number of oxime groups is 1. The van der Waals surface area contributed by atoms with Gasteiger partial charge in [0.05, 0.1) is 21.8 Å². The zero-order valence-electron chi connectivity index (χ0n) is 9.42. The summed E-state index contributed by atoms with van der Waals surface area (Å²) in [5.74, 6) is -0.0301. The number of benzene rings is 1. The molecule has 1 aromatic heterocycles. The van der Waals surface area contributed by atoms with Crippen LogP contribution in [0.4, 0.5) is 0 Å². The van der Waals surface area contributed by atoms with Crippen molar-refractivity contribution >= 4 is 40.8 Å². The van der Waals surface area contributed by atoms with Crippen LogP contribution in [0.3, 0.4) is 0 Å². The number of hydrogen-bond donors (Lipinski definition) is 2. The van der Waals surface area contributed by atoms with Crippen LogP contribution >= 0.6 is 35.0 Å². The predicted molar refractivity (Wildman–Crippen MR) is 75.1 cm³/mol. The molecule has 1 heterocycles. The summed E-state index contributed by atoms with van der Waals surface area (Å²) in [6, 6.07) is 6.80. The largest absolute Gasteiger partial charge is 0.409 e. The third kappa shape index (κ3) is 3.28. The van der Waals surface area contributed by atoms with Gasteiger partial charge in [-0.25, -0.2) is 0 Å². The number of halogens is 2. The molecule has 5 nitrogen and oxygen atoms in total. The molecule has 0 spiro atoms. The van der Waals surface area contributed by atoms with E-state index in [1.165, 1.54) is 18.0 Å². The molecular formula is C11H8Cl2N4OS. The monoisotopic (exact) mass is 314 g/mol. The van der Waals surface area contributed by atoms with Crippen LogP contribution < -0.4 is 5.73 Å². The number of nitrogens with two attached hydrogens (primary N) is 1. The summed E-state index contributed by atoms with van der Waals surface area (Å²) in [5, 5.41) is 20.9. The lowest BCUT2D eigenvalue weighted by atomic mass is 10.3. The third-order valence-electron chi connectivity index (χ3n) is 2.18. The van der Waals surface area contributed by atoms with E-state index >= 15 is 0 Å². The van der Waals surface area contributed by atoms with Crippen LogP contribution in [0.25, 0.3) is 0 Å². The molecule has 0 fully saturated rings. The second kappa shape index (κ2) is 6.10. The van der Waals surface area contributed by atoms with Crippen molar-refractivity contribution < 1.29 is 5.21 Å². The lowest BCUT2D eigenvalue weighted by Gasteiger charge is -2.06.